The van der Waals surface area contributed by atoms with Crippen LogP contribution in [0.15, 0.2) is 0 Å². The van der Waals surface area contributed by atoms with Gasteiger partial charge >= 0.3 is 6.16 Å². The highest BCUT2D eigenvalue weighted by molar-refractivity contribution is 5.82. The first-order valence-electron chi connectivity index (χ1n) is 8.24. The van der Waals surface area contributed by atoms with Gasteiger partial charge in [-0.3, -0.25) is 9.69 Å². The molecule has 0 spiro atoms. The molecule has 1 aliphatic rings. The number of hydrogen-bond acceptors (Lipinski definition) is 4. The molecule has 0 aliphatic carbocycles. The van der Waals surface area contributed by atoms with Crippen molar-refractivity contribution in [2.24, 2.45) is 5.92 Å². The fourth-order valence-corrected chi connectivity index (χ4v) is 2.70. The first-order chi connectivity index (χ1) is 11.0. The highest BCUT2D eigenvalue weighted by Gasteiger charge is 2.38. The molecule has 1 unspecified atom stereocenters. The third-order valence-electron chi connectivity index (χ3n) is 3.92. The van der Waals surface area contributed by atoms with Crippen molar-refractivity contribution in [3.63, 3.8) is 0 Å². The van der Waals surface area contributed by atoms with Crippen molar-refractivity contribution < 1.29 is 19.4 Å². The average Bonchev–Trinajstić information content (AvgIpc) is 2.83. The van der Waals surface area contributed by atoms with Crippen LogP contribution in [0.4, 0.5) is 4.79 Å². The van der Waals surface area contributed by atoms with Gasteiger partial charge in [0.2, 0.25) is 5.91 Å². The predicted molar refractivity (Wildman–Crippen MR) is 88.1 cm³/mol. The molecule has 1 fully saturated rings. The second-order valence-corrected chi connectivity index (χ2v) is 6.16. The maximum absolute atomic E-state index is 12.5. The Bertz CT molecular complexity index is 453. The maximum Gasteiger partial charge on any atom is 0.506 e. The van der Waals surface area contributed by atoms with Crippen LogP contribution in [0.3, 0.4) is 0 Å². The van der Waals surface area contributed by atoms with E-state index in [-0.39, 0.29) is 11.8 Å². The van der Waals surface area contributed by atoms with E-state index in [9.17, 15) is 9.59 Å². The van der Waals surface area contributed by atoms with Gasteiger partial charge in [0, 0.05) is 6.54 Å². The summed E-state index contributed by atoms with van der Waals surface area (Å²) >= 11 is 0. The van der Waals surface area contributed by atoms with Crippen LogP contribution >= 0.6 is 0 Å². The molecule has 0 aromatic rings. The van der Waals surface area contributed by atoms with E-state index in [2.05, 4.69) is 18.8 Å². The van der Waals surface area contributed by atoms with Crippen LogP contribution in [0, 0.1) is 17.8 Å². The zero-order chi connectivity index (χ0) is 17.2. The van der Waals surface area contributed by atoms with Gasteiger partial charge in [-0.15, -0.1) is 0 Å². The summed E-state index contributed by atoms with van der Waals surface area (Å²) < 4.78 is 4.98. The van der Waals surface area contributed by atoms with Crippen LogP contribution < -0.4 is 0 Å². The molecule has 1 amide bonds. The quantitative estimate of drug-likeness (QED) is 0.420. The van der Waals surface area contributed by atoms with Crippen LogP contribution in [0.25, 0.3) is 0 Å². The molecule has 2 atom stereocenters. The Balaban J connectivity index is 2.57. The second-order valence-electron chi connectivity index (χ2n) is 6.16. The maximum atomic E-state index is 12.5. The molecule has 0 saturated carbocycles. The van der Waals surface area contributed by atoms with Crippen molar-refractivity contribution in [2.45, 2.75) is 45.1 Å². The van der Waals surface area contributed by atoms with Crippen LogP contribution in [-0.2, 0) is 9.53 Å². The topological polar surface area (TPSA) is 70.1 Å². The zero-order valence-corrected chi connectivity index (χ0v) is 14.4. The minimum absolute atomic E-state index is 0.0353. The van der Waals surface area contributed by atoms with Gasteiger partial charge in [-0.05, 0) is 33.4 Å². The van der Waals surface area contributed by atoms with Crippen LogP contribution in [-0.4, -0.2) is 66.8 Å². The summed E-state index contributed by atoms with van der Waals surface area (Å²) in [5.41, 5.74) is 0. The minimum atomic E-state index is -1.30. The van der Waals surface area contributed by atoms with Crippen molar-refractivity contribution in [2.75, 3.05) is 33.7 Å². The van der Waals surface area contributed by atoms with Crippen LogP contribution in [0.5, 0.6) is 0 Å². The highest BCUT2D eigenvalue weighted by Crippen LogP contribution is 2.26. The molecule has 0 aromatic heterocycles. The van der Waals surface area contributed by atoms with E-state index in [0.29, 0.717) is 32.5 Å². The van der Waals surface area contributed by atoms with Gasteiger partial charge in [0.05, 0.1) is 19.0 Å². The Labute approximate surface area is 138 Å². The normalized spacial score (nSPS) is 18.7. The highest BCUT2D eigenvalue weighted by atomic mass is 16.7. The molecule has 1 rings (SSSR count). The van der Waals surface area contributed by atoms with Crippen molar-refractivity contribution in [1.82, 2.24) is 9.80 Å². The first-order valence-corrected chi connectivity index (χ1v) is 8.24. The fraction of sp³-hybridized carbons (Fsp3) is 0.765. The average molecular weight is 324 g/mol. The second kappa shape index (κ2) is 10.1. The van der Waals surface area contributed by atoms with Crippen LogP contribution in [0.1, 0.15) is 39.0 Å². The van der Waals surface area contributed by atoms with E-state index in [4.69, 9.17) is 9.84 Å². The van der Waals surface area contributed by atoms with Crippen molar-refractivity contribution in [3.8, 4) is 11.8 Å². The molecule has 1 N–H and O–H groups in total. The zero-order valence-electron chi connectivity index (χ0n) is 14.4. The summed E-state index contributed by atoms with van der Waals surface area (Å²) in [7, 11) is 3.88. The monoisotopic (exact) mass is 324 g/mol. The lowest BCUT2D eigenvalue weighted by atomic mass is 9.96. The number of carbonyl (C=O) groups is 2. The third kappa shape index (κ3) is 6.91. The van der Waals surface area contributed by atoms with E-state index >= 15 is 0 Å². The number of unbranched alkanes of at least 4 members (excludes halogenated alkanes) is 2. The Hall–Kier alpha value is -1.74. The van der Waals surface area contributed by atoms with Crippen molar-refractivity contribution in [1.29, 1.82) is 0 Å². The molecule has 0 radical (unpaired) electrons. The molecule has 1 saturated heterocycles. The van der Waals surface area contributed by atoms with Gasteiger partial charge in [-0.2, -0.15) is 0 Å². The number of likely N-dealkylation sites (tertiary alicyclic amines) is 1. The molecule has 0 aromatic carbocycles. The Morgan fingerprint density at radius 1 is 1.43 bits per heavy atom. The van der Waals surface area contributed by atoms with Gasteiger partial charge in [-0.1, -0.05) is 31.6 Å². The minimum Gasteiger partial charge on any atom is -0.450 e. The summed E-state index contributed by atoms with van der Waals surface area (Å²) in [6, 6.07) is 0. The summed E-state index contributed by atoms with van der Waals surface area (Å²) in [6.45, 7) is 3.76. The molecule has 6 heteroatoms. The summed E-state index contributed by atoms with van der Waals surface area (Å²) in [5, 5.41) is 8.90. The molecule has 130 valence electrons. The summed E-state index contributed by atoms with van der Waals surface area (Å²) in [6.07, 6.45) is 2.34. The summed E-state index contributed by atoms with van der Waals surface area (Å²) in [4.78, 5) is 27.0. The fourth-order valence-electron chi connectivity index (χ4n) is 2.70. The molecular formula is C17H28N2O4. The molecule has 1 heterocycles. The molecular weight excluding hydrogens is 296 g/mol. The molecule has 1 aliphatic heterocycles. The smallest absolute Gasteiger partial charge is 0.450 e. The number of carbonyl (C=O) groups excluding carboxylic acids is 1. The van der Waals surface area contributed by atoms with E-state index in [1.165, 1.54) is 0 Å². The predicted octanol–water partition coefficient (Wildman–Crippen LogP) is 2.04. The SMILES string of the molecule is CCCCCC(OC(=O)O)[C@@H]1CCN(CC#CCN(C)C)C1=O. The summed E-state index contributed by atoms with van der Waals surface area (Å²) in [5.74, 6) is 5.61. The van der Waals surface area contributed by atoms with Gasteiger partial charge in [0.1, 0.15) is 6.10 Å². The van der Waals surface area contributed by atoms with Crippen molar-refractivity contribution >= 4 is 12.1 Å². The number of rotatable bonds is 8. The van der Waals surface area contributed by atoms with E-state index in [1.807, 2.05) is 19.0 Å². The Morgan fingerprint density at radius 3 is 2.78 bits per heavy atom. The first kappa shape index (κ1) is 19.3. The lowest BCUT2D eigenvalue weighted by Gasteiger charge is -2.21. The number of nitrogens with zero attached hydrogens (tertiary/aromatic N) is 2. The lowest BCUT2D eigenvalue weighted by molar-refractivity contribution is -0.133. The number of ether oxygens (including phenoxy) is 1. The number of amides is 1. The lowest BCUT2D eigenvalue weighted by Crippen LogP contribution is -2.35. The Kier molecular flexibility index (Phi) is 8.49. The van der Waals surface area contributed by atoms with Gasteiger partial charge in [0.25, 0.3) is 0 Å². The van der Waals surface area contributed by atoms with Crippen molar-refractivity contribution in [3.05, 3.63) is 0 Å². The van der Waals surface area contributed by atoms with Gasteiger partial charge < -0.3 is 14.7 Å². The van der Waals surface area contributed by atoms with E-state index < -0.39 is 12.3 Å². The molecule has 23 heavy (non-hydrogen) atoms. The number of carboxylic acid groups (broad SMARTS) is 1. The Morgan fingerprint density at radius 2 is 2.17 bits per heavy atom. The van der Waals surface area contributed by atoms with Crippen LogP contribution in [0.2, 0.25) is 0 Å². The van der Waals surface area contributed by atoms with E-state index in [0.717, 1.165) is 19.3 Å². The standard InChI is InChI=1S/C17H28N2O4/c1-4-5-6-9-15(23-17(21)22)14-10-13-19(16(14)20)12-8-7-11-18(2)3/h14-15H,4-6,9-13H2,1-3H3,(H,21,22)/t14-,15?/m0/s1. The van der Waals surface area contributed by atoms with Gasteiger partial charge in [-0.25, -0.2) is 4.79 Å². The number of hydrogen-bond donors (Lipinski definition) is 1. The molecule has 6 nitrogen and oxygen atoms in total. The van der Waals surface area contributed by atoms with Gasteiger partial charge in [0.15, 0.2) is 0 Å². The van der Waals surface area contributed by atoms with E-state index in [1.54, 1.807) is 4.90 Å². The largest absolute Gasteiger partial charge is 0.506 e. The molecule has 0 bridgehead atoms. The third-order valence-corrected chi connectivity index (χ3v) is 3.92.